The van der Waals surface area contributed by atoms with Gasteiger partial charge in [-0.05, 0) is 13.3 Å². The van der Waals surface area contributed by atoms with E-state index in [9.17, 15) is 33.6 Å². The van der Waals surface area contributed by atoms with Gasteiger partial charge in [0.2, 0.25) is 0 Å². The molecule has 0 aromatic rings. The van der Waals surface area contributed by atoms with Crippen LogP contribution in [0.2, 0.25) is 0 Å². The number of aliphatic hydroxyl groups excluding tert-OH is 4. The Morgan fingerprint density at radius 2 is 1.60 bits per heavy atom. The number of aliphatic hydroxyl groups is 4. The van der Waals surface area contributed by atoms with Crippen LogP contribution in [-0.4, -0.2) is 112 Å². The largest absolute Gasteiger partial charge is 0.479 e. The molecule has 0 aliphatic carbocycles. The van der Waals surface area contributed by atoms with Crippen LogP contribution in [0, 0.1) is 0 Å². The van der Waals surface area contributed by atoms with E-state index in [0.29, 0.717) is 6.42 Å². The molecular weight excluding hydrogens is 436 g/mol. The van der Waals surface area contributed by atoms with Gasteiger partial charge in [-0.25, -0.2) is 8.98 Å². The van der Waals surface area contributed by atoms with Crippen LogP contribution in [0.4, 0.5) is 0 Å². The summed E-state index contributed by atoms with van der Waals surface area (Å²) in [6.07, 6.45) is -16.7. The molecule has 2 saturated heterocycles. The van der Waals surface area contributed by atoms with Crippen LogP contribution in [0.1, 0.15) is 20.3 Å². The maximum atomic E-state index is 11.2. The summed E-state index contributed by atoms with van der Waals surface area (Å²) >= 11 is 0. The van der Waals surface area contributed by atoms with Crippen LogP contribution >= 0.6 is 0 Å². The van der Waals surface area contributed by atoms with Crippen molar-refractivity contribution in [2.24, 2.45) is 0 Å². The van der Waals surface area contributed by atoms with Crippen LogP contribution in [0.3, 0.4) is 0 Å². The number of hydrogen-bond donors (Lipinski definition) is 6. The minimum Gasteiger partial charge on any atom is -0.479 e. The van der Waals surface area contributed by atoms with E-state index in [1.165, 1.54) is 6.92 Å². The van der Waals surface area contributed by atoms with Crippen molar-refractivity contribution in [3.8, 4) is 0 Å². The SMILES string of the molecule is CCCO[C@@H]1O[C@@H](C)[C@@H](OS(=O)(=O)O)[C@@H](O)[C@@H]1O[C@H]1O[C@H](C(=O)O)[C@@H](O)[C@H](O)[C@H]1O. The van der Waals surface area contributed by atoms with Gasteiger partial charge in [0.25, 0.3) is 0 Å². The molecule has 2 rings (SSSR count). The molecule has 0 unspecified atom stereocenters. The molecular formula is C15H26O14S. The first-order valence-electron chi connectivity index (χ1n) is 9.06. The average Bonchev–Trinajstić information content (AvgIpc) is 2.64. The van der Waals surface area contributed by atoms with Gasteiger partial charge in [0, 0.05) is 6.61 Å². The van der Waals surface area contributed by atoms with Crippen LogP contribution < -0.4 is 0 Å². The first-order valence-corrected chi connectivity index (χ1v) is 10.4. The molecule has 2 heterocycles. The molecule has 0 saturated carbocycles. The third-order valence-corrected chi connectivity index (χ3v) is 5.04. The minimum absolute atomic E-state index is 0.126. The van der Waals surface area contributed by atoms with E-state index >= 15 is 0 Å². The number of ether oxygens (including phenoxy) is 4. The monoisotopic (exact) mass is 462 g/mol. The van der Waals surface area contributed by atoms with Gasteiger partial charge < -0.3 is 44.5 Å². The predicted octanol–water partition coefficient (Wildman–Crippen LogP) is -3.02. The van der Waals surface area contributed by atoms with Crippen LogP contribution in [0.15, 0.2) is 0 Å². The fourth-order valence-electron chi connectivity index (χ4n) is 3.10. The van der Waals surface area contributed by atoms with Crippen LogP contribution in [0.5, 0.6) is 0 Å². The molecule has 10 atom stereocenters. The Morgan fingerprint density at radius 1 is 0.967 bits per heavy atom. The van der Waals surface area contributed by atoms with E-state index in [1.54, 1.807) is 6.92 Å². The maximum Gasteiger partial charge on any atom is 0.397 e. The summed E-state index contributed by atoms with van der Waals surface area (Å²) in [5, 5.41) is 49.5. The number of rotatable bonds is 8. The van der Waals surface area contributed by atoms with Crippen molar-refractivity contribution in [3.05, 3.63) is 0 Å². The lowest BCUT2D eigenvalue weighted by molar-refractivity contribution is -0.359. The number of hydrogen-bond acceptors (Lipinski definition) is 12. The van der Waals surface area contributed by atoms with E-state index < -0.39 is 77.8 Å². The third kappa shape index (κ3) is 5.83. The lowest BCUT2D eigenvalue weighted by atomic mass is 9.97. The summed E-state index contributed by atoms with van der Waals surface area (Å²) in [6, 6.07) is 0. The normalized spacial score (nSPS) is 42.8. The Bertz CT molecular complexity index is 685. The van der Waals surface area contributed by atoms with Gasteiger partial charge in [0.1, 0.15) is 36.6 Å². The molecule has 0 aromatic heterocycles. The number of aliphatic carboxylic acids is 1. The lowest BCUT2D eigenvalue weighted by Crippen LogP contribution is -2.65. The maximum absolute atomic E-state index is 11.2. The van der Waals surface area contributed by atoms with Crippen molar-refractivity contribution < 1.29 is 66.4 Å². The fourth-order valence-corrected chi connectivity index (χ4v) is 3.65. The highest BCUT2D eigenvalue weighted by Crippen LogP contribution is 2.31. The smallest absolute Gasteiger partial charge is 0.397 e. The molecule has 0 radical (unpaired) electrons. The lowest BCUT2D eigenvalue weighted by Gasteiger charge is -2.45. The fraction of sp³-hybridized carbons (Fsp3) is 0.933. The molecule has 2 aliphatic heterocycles. The highest BCUT2D eigenvalue weighted by molar-refractivity contribution is 7.80. The molecule has 6 N–H and O–H groups in total. The quantitative estimate of drug-likeness (QED) is 0.198. The Kier molecular flexibility index (Phi) is 8.51. The summed E-state index contributed by atoms with van der Waals surface area (Å²) in [5.41, 5.74) is 0. The van der Waals surface area contributed by atoms with Gasteiger partial charge in [0.05, 0.1) is 6.10 Å². The standard InChI is InChI=1S/C15H26O14S/c1-3-4-25-15-12(9(19)10(5(2)26-15)29-30(22,23)24)28-14-8(18)6(16)7(17)11(27-14)13(20)21/h5-12,14-19H,3-4H2,1-2H3,(H,20,21)(H,22,23,24)/t5-,6-,7-,8+,9+,10+,11-,12-,14+,15+/m0/s1. The topological polar surface area (TPSA) is 219 Å². The van der Waals surface area contributed by atoms with Gasteiger partial charge in [-0.1, -0.05) is 6.92 Å². The van der Waals surface area contributed by atoms with Crippen molar-refractivity contribution in [2.45, 2.75) is 81.7 Å². The van der Waals surface area contributed by atoms with E-state index in [2.05, 4.69) is 4.18 Å². The molecule has 0 bridgehead atoms. The molecule has 176 valence electrons. The van der Waals surface area contributed by atoms with E-state index in [0.717, 1.165) is 0 Å². The number of carboxylic acid groups (broad SMARTS) is 1. The third-order valence-electron chi connectivity index (χ3n) is 4.58. The summed E-state index contributed by atoms with van der Waals surface area (Å²) < 4.78 is 56.8. The Balaban J connectivity index is 2.27. The predicted molar refractivity (Wildman–Crippen MR) is 92.2 cm³/mol. The van der Waals surface area contributed by atoms with E-state index in [1.807, 2.05) is 0 Å². The molecule has 14 nitrogen and oxygen atoms in total. The van der Waals surface area contributed by atoms with Gasteiger partial charge in [-0.3, -0.25) is 4.55 Å². The van der Waals surface area contributed by atoms with Crippen LogP contribution in [-0.2, 0) is 38.3 Å². The van der Waals surface area contributed by atoms with E-state index in [4.69, 9.17) is 28.6 Å². The van der Waals surface area contributed by atoms with Crippen LogP contribution in [0.25, 0.3) is 0 Å². The number of carboxylic acids is 1. The molecule has 0 aromatic carbocycles. The Hall–Kier alpha value is -0.980. The zero-order chi connectivity index (χ0) is 22.8. The molecule has 2 fully saturated rings. The van der Waals surface area contributed by atoms with E-state index in [-0.39, 0.29) is 6.61 Å². The molecule has 0 amide bonds. The minimum atomic E-state index is -5.00. The first-order chi connectivity index (χ1) is 13.9. The highest BCUT2D eigenvalue weighted by atomic mass is 32.3. The summed E-state index contributed by atoms with van der Waals surface area (Å²) in [6.45, 7) is 3.23. The van der Waals surface area contributed by atoms with Gasteiger partial charge in [-0.2, -0.15) is 8.42 Å². The average molecular weight is 462 g/mol. The summed E-state index contributed by atoms with van der Waals surface area (Å²) in [7, 11) is -5.00. The zero-order valence-corrected chi connectivity index (χ0v) is 16.9. The highest BCUT2D eigenvalue weighted by Gasteiger charge is 2.52. The first kappa shape index (κ1) is 25.3. The second-order valence-corrected chi connectivity index (χ2v) is 7.94. The van der Waals surface area contributed by atoms with Crippen molar-refractivity contribution in [1.29, 1.82) is 0 Å². The summed E-state index contributed by atoms with van der Waals surface area (Å²) in [4.78, 5) is 11.2. The van der Waals surface area contributed by atoms with Gasteiger partial charge in [-0.15, -0.1) is 0 Å². The Labute approximate surface area is 171 Å². The Morgan fingerprint density at radius 3 is 2.13 bits per heavy atom. The summed E-state index contributed by atoms with van der Waals surface area (Å²) in [5.74, 6) is -1.65. The molecule has 0 spiro atoms. The van der Waals surface area contributed by atoms with Crippen molar-refractivity contribution in [3.63, 3.8) is 0 Å². The van der Waals surface area contributed by atoms with Crippen molar-refractivity contribution >= 4 is 16.4 Å². The van der Waals surface area contributed by atoms with Gasteiger partial charge in [0.15, 0.2) is 18.7 Å². The molecule has 15 heteroatoms. The van der Waals surface area contributed by atoms with Gasteiger partial charge >= 0.3 is 16.4 Å². The second kappa shape index (κ2) is 10.1. The second-order valence-electron chi connectivity index (χ2n) is 6.90. The van der Waals surface area contributed by atoms with Crippen molar-refractivity contribution in [1.82, 2.24) is 0 Å². The molecule has 2 aliphatic rings. The van der Waals surface area contributed by atoms with Crippen molar-refractivity contribution in [2.75, 3.05) is 6.61 Å². The molecule has 30 heavy (non-hydrogen) atoms. The zero-order valence-electron chi connectivity index (χ0n) is 16.0. The number of carbonyl (C=O) groups is 1.